The van der Waals surface area contributed by atoms with Crippen LogP contribution in [0, 0.1) is 4.77 Å². The van der Waals surface area contributed by atoms with E-state index >= 15 is 0 Å². The van der Waals surface area contributed by atoms with Gasteiger partial charge in [-0.15, -0.1) is 0 Å². The zero-order valence-electron chi connectivity index (χ0n) is 15.4. The van der Waals surface area contributed by atoms with Crippen molar-refractivity contribution in [2.75, 3.05) is 14.2 Å². The molecule has 0 spiro atoms. The summed E-state index contributed by atoms with van der Waals surface area (Å²) in [5.74, 6) is 0.901. The Morgan fingerprint density at radius 1 is 1.29 bits per heavy atom. The maximum Gasteiger partial charge on any atom is 0.308 e. The van der Waals surface area contributed by atoms with Crippen molar-refractivity contribution < 1.29 is 19.0 Å². The lowest BCUT2D eigenvalue weighted by molar-refractivity contribution is -0.132. The van der Waals surface area contributed by atoms with Crippen molar-refractivity contribution in [1.82, 2.24) is 19.9 Å². The summed E-state index contributed by atoms with van der Waals surface area (Å²) in [6.45, 7) is 1.30. The SMILES string of the molecule is COc1cc(/C=N\n2c(-c3cccnc3)n[nH]c2=S)cc(OC)c1OC(C)=O. The molecule has 2 aromatic heterocycles. The normalized spacial score (nSPS) is 10.8. The van der Waals surface area contributed by atoms with E-state index in [1.54, 1.807) is 36.8 Å². The van der Waals surface area contributed by atoms with Crippen LogP contribution in [0.3, 0.4) is 0 Å². The van der Waals surface area contributed by atoms with Crippen molar-refractivity contribution in [1.29, 1.82) is 0 Å². The lowest BCUT2D eigenvalue weighted by Gasteiger charge is -2.13. The molecule has 9 nitrogen and oxygen atoms in total. The predicted molar refractivity (Wildman–Crippen MR) is 104 cm³/mol. The quantitative estimate of drug-likeness (QED) is 0.294. The van der Waals surface area contributed by atoms with Crippen molar-refractivity contribution >= 4 is 24.4 Å². The van der Waals surface area contributed by atoms with Crippen LogP contribution < -0.4 is 14.2 Å². The number of carbonyl (C=O) groups is 1. The molecule has 0 aliphatic heterocycles. The highest BCUT2D eigenvalue weighted by atomic mass is 32.1. The lowest BCUT2D eigenvalue weighted by Crippen LogP contribution is -2.05. The van der Waals surface area contributed by atoms with E-state index in [2.05, 4.69) is 20.3 Å². The monoisotopic (exact) mass is 399 g/mol. The van der Waals surface area contributed by atoms with Crippen LogP contribution in [-0.4, -0.2) is 46.3 Å². The Balaban J connectivity index is 2.01. The standard InChI is InChI=1S/C18H17N5O4S/c1-11(24)27-16-14(25-2)7-12(8-15(16)26-3)9-20-23-17(21-22-18(23)28)13-5-4-6-19-10-13/h4-10H,1-3H3,(H,22,28)/b20-9-. The van der Waals surface area contributed by atoms with Gasteiger partial charge in [-0.2, -0.15) is 14.9 Å². The number of carbonyl (C=O) groups excluding carboxylic acids is 1. The number of rotatable bonds is 6. The van der Waals surface area contributed by atoms with E-state index in [1.807, 2.05) is 6.07 Å². The topological polar surface area (TPSA) is 104 Å². The molecule has 0 saturated heterocycles. The third kappa shape index (κ3) is 4.07. The van der Waals surface area contributed by atoms with Gasteiger partial charge in [-0.05, 0) is 36.5 Å². The number of methoxy groups -OCH3 is 2. The summed E-state index contributed by atoms with van der Waals surface area (Å²) in [7, 11) is 2.94. The van der Waals surface area contributed by atoms with Crippen LogP contribution in [0.5, 0.6) is 17.2 Å². The van der Waals surface area contributed by atoms with Crippen LogP contribution in [0.4, 0.5) is 0 Å². The molecular weight excluding hydrogens is 382 g/mol. The summed E-state index contributed by atoms with van der Waals surface area (Å²) >= 11 is 5.26. The van der Waals surface area contributed by atoms with Crippen molar-refractivity contribution in [2.45, 2.75) is 6.92 Å². The molecule has 1 aromatic carbocycles. The van der Waals surface area contributed by atoms with Crippen molar-refractivity contribution in [2.24, 2.45) is 5.10 Å². The molecule has 0 radical (unpaired) electrons. The van der Waals surface area contributed by atoms with Crippen LogP contribution in [-0.2, 0) is 4.79 Å². The Kier molecular flexibility index (Phi) is 5.80. The van der Waals surface area contributed by atoms with Gasteiger partial charge < -0.3 is 14.2 Å². The second-order valence-electron chi connectivity index (χ2n) is 5.50. The molecule has 0 unspecified atom stereocenters. The van der Waals surface area contributed by atoms with Crippen LogP contribution in [0.15, 0.2) is 41.8 Å². The smallest absolute Gasteiger partial charge is 0.308 e. The Bertz CT molecular complexity index is 1050. The van der Waals surface area contributed by atoms with E-state index < -0.39 is 5.97 Å². The largest absolute Gasteiger partial charge is 0.493 e. The van der Waals surface area contributed by atoms with Gasteiger partial charge in [0.15, 0.2) is 17.3 Å². The molecule has 0 atom stereocenters. The molecule has 0 amide bonds. The molecule has 2 heterocycles. The van der Waals surface area contributed by atoms with Crippen molar-refractivity contribution in [3.05, 3.63) is 47.0 Å². The number of ether oxygens (including phenoxy) is 3. The fourth-order valence-electron chi connectivity index (χ4n) is 2.42. The van der Waals surface area contributed by atoms with Crippen LogP contribution in [0.25, 0.3) is 11.4 Å². The Labute approximate surface area is 165 Å². The van der Waals surface area contributed by atoms with Crippen LogP contribution in [0.1, 0.15) is 12.5 Å². The first-order valence-electron chi connectivity index (χ1n) is 8.10. The second kappa shape index (κ2) is 8.44. The lowest BCUT2D eigenvalue weighted by atomic mass is 10.2. The van der Waals surface area contributed by atoms with Gasteiger partial charge in [0.25, 0.3) is 0 Å². The van der Waals surface area contributed by atoms with E-state index in [-0.39, 0.29) is 5.75 Å². The number of esters is 1. The van der Waals surface area contributed by atoms with E-state index in [9.17, 15) is 4.79 Å². The fourth-order valence-corrected chi connectivity index (χ4v) is 2.60. The third-order valence-electron chi connectivity index (χ3n) is 3.62. The maximum atomic E-state index is 11.3. The molecule has 0 fully saturated rings. The highest BCUT2D eigenvalue weighted by molar-refractivity contribution is 7.71. The van der Waals surface area contributed by atoms with Gasteiger partial charge in [-0.1, -0.05) is 0 Å². The summed E-state index contributed by atoms with van der Waals surface area (Å²) in [6.07, 6.45) is 4.90. The molecule has 1 N–H and O–H groups in total. The number of benzene rings is 1. The minimum absolute atomic E-state index is 0.200. The van der Waals surface area contributed by atoms with E-state index in [0.29, 0.717) is 27.7 Å². The number of hydrogen-bond donors (Lipinski definition) is 1. The van der Waals surface area contributed by atoms with E-state index in [0.717, 1.165) is 5.56 Å². The fraction of sp³-hybridized carbons (Fsp3) is 0.167. The van der Waals surface area contributed by atoms with E-state index in [1.165, 1.54) is 25.8 Å². The molecule has 0 saturated carbocycles. The molecular formula is C18H17N5O4S. The molecule has 0 aliphatic rings. The summed E-state index contributed by atoms with van der Waals surface area (Å²) in [6, 6.07) is 6.98. The minimum atomic E-state index is -0.483. The van der Waals surface area contributed by atoms with Gasteiger partial charge in [-0.3, -0.25) is 9.78 Å². The molecule has 3 aromatic rings. The van der Waals surface area contributed by atoms with Crippen LogP contribution in [0.2, 0.25) is 0 Å². The number of aromatic nitrogens is 4. The highest BCUT2D eigenvalue weighted by Gasteiger charge is 2.16. The first-order valence-corrected chi connectivity index (χ1v) is 8.51. The highest BCUT2D eigenvalue weighted by Crippen LogP contribution is 2.38. The summed E-state index contributed by atoms with van der Waals surface area (Å²) in [4.78, 5) is 15.4. The number of H-pyrrole nitrogens is 1. The summed E-state index contributed by atoms with van der Waals surface area (Å²) in [5, 5.41) is 11.3. The molecule has 0 aliphatic carbocycles. The van der Waals surface area contributed by atoms with E-state index in [4.69, 9.17) is 26.4 Å². The Hall–Kier alpha value is -3.53. The van der Waals surface area contributed by atoms with Gasteiger partial charge >= 0.3 is 5.97 Å². The predicted octanol–water partition coefficient (Wildman–Crippen LogP) is 2.83. The number of hydrogen-bond acceptors (Lipinski definition) is 8. The van der Waals surface area contributed by atoms with Gasteiger partial charge in [0.05, 0.1) is 20.4 Å². The van der Waals surface area contributed by atoms with Crippen LogP contribution >= 0.6 is 12.2 Å². The third-order valence-corrected chi connectivity index (χ3v) is 3.89. The number of nitrogens with one attached hydrogen (secondary N) is 1. The molecule has 144 valence electrons. The number of pyridine rings is 1. The number of aromatic amines is 1. The zero-order chi connectivity index (χ0) is 20.1. The van der Waals surface area contributed by atoms with Crippen molar-refractivity contribution in [3.63, 3.8) is 0 Å². The molecule has 10 heteroatoms. The zero-order valence-corrected chi connectivity index (χ0v) is 16.2. The van der Waals surface area contributed by atoms with Gasteiger partial charge in [-0.25, -0.2) is 5.10 Å². The average Bonchev–Trinajstić information content (AvgIpc) is 3.07. The Morgan fingerprint density at radius 2 is 2.00 bits per heavy atom. The number of nitrogens with zero attached hydrogens (tertiary/aromatic N) is 4. The first-order chi connectivity index (χ1) is 13.5. The average molecular weight is 399 g/mol. The van der Waals surface area contributed by atoms with Crippen molar-refractivity contribution in [3.8, 4) is 28.6 Å². The minimum Gasteiger partial charge on any atom is -0.493 e. The Morgan fingerprint density at radius 3 is 2.57 bits per heavy atom. The maximum absolute atomic E-state index is 11.3. The van der Waals surface area contributed by atoms with Gasteiger partial charge in [0, 0.05) is 30.4 Å². The van der Waals surface area contributed by atoms with Gasteiger partial charge in [0.2, 0.25) is 10.5 Å². The summed E-state index contributed by atoms with van der Waals surface area (Å²) in [5.41, 5.74) is 1.40. The van der Waals surface area contributed by atoms with Gasteiger partial charge in [0.1, 0.15) is 0 Å². The molecule has 28 heavy (non-hydrogen) atoms. The first kappa shape index (κ1) is 19.2. The molecule has 3 rings (SSSR count). The molecule has 0 bridgehead atoms. The summed E-state index contributed by atoms with van der Waals surface area (Å²) < 4.78 is 17.6. The second-order valence-corrected chi connectivity index (χ2v) is 5.89.